The Kier molecular flexibility index (Phi) is 7.98. The molecule has 0 aliphatic rings. The van der Waals surface area contributed by atoms with Crippen LogP contribution in [-0.4, -0.2) is 37.6 Å². The van der Waals surface area contributed by atoms with E-state index in [-0.39, 0.29) is 11.2 Å². The molecule has 0 saturated heterocycles. The molecule has 1 heterocycles. The maximum Gasteiger partial charge on any atom is 0.485 e. The van der Waals surface area contributed by atoms with Crippen LogP contribution < -0.4 is 0 Å². The van der Waals surface area contributed by atoms with Crippen molar-refractivity contribution in [2.75, 3.05) is 19.1 Å². The van der Waals surface area contributed by atoms with Gasteiger partial charge in [-0.15, -0.1) is 11.3 Å². The molecule has 0 fully saturated rings. The predicted molar refractivity (Wildman–Crippen MR) is 68.9 cm³/mol. The van der Waals surface area contributed by atoms with Crippen LogP contribution in [0.5, 0.6) is 0 Å². The summed E-state index contributed by atoms with van der Waals surface area (Å²) in [5, 5.41) is 2.10. The van der Waals surface area contributed by atoms with Gasteiger partial charge in [-0.05, 0) is 11.4 Å². The fraction of sp³-hybridized carbons (Fsp3) is 0.556. The molecule has 0 aromatic carbocycles. The van der Waals surface area contributed by atoms with Gasteiger partial charge in [-0.2, -0.15) is 17.4 Å². The second kappa shape index (κ2) is 8.10. The summed E-state index contributed by atoms with van der Waals surface area (Å²) in [6, 6.07) is 4.23. The monoisotopic (exact) mass is 338 g/mol. The van der Waals surface area contributed by atoms with E-state index in [4.69, 9.17) is 17.2 Å². The van der Waals surface area contributed by atoms with Crippen molar-refractivity contribution in [2.45, 2.75) is 11.9 Å². The lowest BCUT2D eigenvalue weighted by Crippen LogP contribution is -2.21. The molecule has 112 valence electrons. The van der Waals surface area contributed by atoms with Crippen molar-refractivity contribution < 1.29 is 30.3 Å². The highest BCUT2D eigenvalue weighted by molar-refractivity contribution is 7.90. The third-order valence-corrected chi connectivity index (χ3v) is 3.67. The summed E-state index contributed by atoms with van der Waals surface area (Å²) in [4.78, 5) is 1.41. The van der Waals surface area contributed by atoms with Gasteiger partial charge in [0.2, 0.25) is 0 Å². The van der Waals surface area contributed by atoms with Gasteiger partial charge in [0.05, 0.1) is 0 Å². The summed E-state index contributed by atoms with van der Waals surface area (Å²) in [6.45, 7) is 0.858. The summed E-state index contributed by atoms with van der Waals surface area (Å²) < 4.78 is 64.4. The molecule has 4 nitrogen and oxygen atoms in total. The number of alkyl halides is 3. The van der Waals surface area contributed by atoms with E-state index in [2.05, 4.69) is 30.0 Å². The molecule has 1 rings (SSSR count). The minimum Gasteiger partial charge on any atom is -0.741 e. The van der Waals surface area contributed by atoms with Crippen LogP contribution in [-0.2, 0) is 31.9 Å². The van der Waals surface area contributed by atoms with Gasteiger partial charge in [0.15, 0.2) is 10.1 Å². The topological polar surface area (TPSA) is 66.4 Å². The van der Waals surface area contributed by atoms with E-state index in [1.807, 2.05) is 0 Å². The Bertz CT molecular complexity index is 440. The van der Waals surface area contributed by atoms with Gasteiger partial charge >= 0.3 is 5.51 Å². The molecule has 0 aliphatic heterocycles. The Hall–Kier alpha value is -0.290. The van der Waals surface area contributed by atoms with Crippen LogP contribution in [0.4, 0.5) is 13.2 Å². The van der Waals surface area contributed by atoms with Crippen molar-refractivity contribution in [3.8, 4) is 0 Å². The summed E-state index contributed by atoms with van der Waals surface area (Å²) in [5.41, 5.74) is -5.65. The smallest absolute Gasteiger partial charge is 0.485 e. The maximum atomic E-state index is 10.7. The van der Waals surface area contributed by atoms with E-state index >= 15 is 0 Å². The number of halogens is 3. The molecule has 10 heteroatoms. The molecule has 0 N–H and O–H groups in total. The highest BCUT2D eigenvalue weighted by atomic mass is 32.2. The molecule has 0 atom stereocenters. The second-order valence-corrected chi connectivity index (χ2v) is 7.42. The number of hydrogen-bond acceptors (Lipinski definition) is 5. The summed E-state index contributed by atoms with van der Waals surface area (Å²) in [6.07, 6.45) is 5.24. The first-order chi connectivity index (χ1) is 8.54. The predicted octanol–water partition coefficient (Wildman–Crippen LogP) is 2.15. The Morgan fingerprint density at radius 1 is 1.42 bits per heavy atom. The molecule has 0 unspecified atom stereocenters. The lowest BCUT2D eigenvalue weighted by Gasteiger charge is -2.08. The van der Waals surface area contributed by atoms with Gasteiger partial charge in [0, 0.05) is 11.3 Å². The zero-order chi connectivity index (χ0) is 15.1. The van der Waals surface area contributed by atoms with E-state index in [1.54, 1.807) is 11.3 Å². The quantitative estimate of drug-likeness (QED) is 0.479. The van der Waals surface area contributed by atoms with E-state index < -0.39 is 15.6 Å². The zero-order valence-electron chi connectivity index (χ0n) is 10.1. The molecule has 19 heavy (non-hydrogen) atoms. The van der Waals surface area contributed by atoms with Crippen LogP contribution in [0.15, 0.2) is 17.5 Å². The molecule has 0 bridgehead atoms. The van der Waals surface area contributed by atoms with Crippen molar-refractivity contribution >= 4 is 32.6 Å². The van der Waals surface area contributed by atoms with Crippen LogP contribution >= 0.6 is 11.3 Å². The highest BCUT2D eigenvalue weighted by Gasteiger charge is 2.36. The minimum absolute atomic E-state index is 0.128. The van der Waals surface area contributed by atoms with Crippen LogP contribution in [0.1, 0.15) is 4.88 Å². The van der Waals surface area contributed by atoms with Crippen LogP contribution in [0, 0.1) is 0 Å². The average molecular weight is 338 g/mol. The lowest BCUT2D eigenvalue weighted by molar-refractivity contribution is -0.0517. The molecule has 0 aliphatic carbocycles. The fourth-order valence-electron chi connectivity index (χ4n) is 0.764. The number of hydrogen-bond donors (Lipinski definition) is 0. The van der Waals surface area contributed by atoms with Gasteiger partial charge < -0.3 is 4.55 Å². The van der Waals surface area contributed by atoms with Crippen molar-refractivity contribution in [3.05, 3.63) is 22.4 Å². The average Bonchev–Trinajstić information content (AvgIpc) is 2.67. The van der Waals surface area contributed by atoms with Crippen molar-refractivity contribution in [1.82, 2.24) is 0 Å². The SMILES string of the molecule is C[S+](C)OCCc1cccs1.O=S(=O)([O-])C(F)(F)F. The maximum absolute atomic E-state index is 10.7. The molecule has 0 amide bonds. The largest absolute Gasteiger partial charge is 0.741 e. The van der Waals surface area contributed by atoms with E-state index in [9.17, 15) is 13.2 Å². The first-order valence-corrected chi connectivity index (χ1v) is 9.05. The Morgan fingerprint density at radius 2 is 1.95 bits per heavy atom. The number of rotatable bonds is 4. The normalized spacial score (nSPS) is 12.2. The number of thiophene rings is 1. The first kappa shape index (κ1) is 18.7. The molecule has 1 aromatic rings. The summed E-state index contributed by atoms with van der Waals surface area (Å²) in [7, 11) is -6.09. The van der Waals surface area contributed by atoms with Crippen molar-refractivity contribution in [3.63, 3.8) is 0 Å². The molecular weight excluding hydrogens is 325 g/mol. The highest BCUT2D eigenvalue weighted by Crippen LogP contribution is 2.20. The Labute approximate surface area is 116 Å². The summed E-state index contributed by atoms with van der Waals surface area (Å²) in [5.74, 6) is 0. The van der Waals surface area contributed by atoms with E-state index in [0.717, 1.165) is 13.0 Å². The van der Waals surface area contributed by atoms with Gasteiger partial charge in [0.1, 0.15) is 30.3 Å². The molecule has 0 spiro atoms. The third-order valence-electron chi connectivity index (χ3n) is 1.53. The molecular formula is C9H13F3O4S3. The van der Waals surface area contributed by atoms with Gasteiger partial charge in [-0.1, -0.05) is 6.07 Å². The molecule has 0 saturated carbocycles. The third kappa shape index (κ3) is 9.27. The van der Waals surface area contributed by atoms with Crippen molar-refractivity contribution in [2.24, 2.45) is 0 Å². The fourth-order valence-corrected chi connectivity index (χ4v) is 1.87. The first-order valence-electron chi connectivity index (χ1n) is 4.79. The van der Waals surface area contributed by atoms with E-state index in [1.165, 1.54) is 4.88 Å². The lowest BCUT2D eigenvalue weighted by atomic mass is 10.4. The summed E-state index contributed by atoms with van der Waals surface area (Å²) >= 11 is 1.93. The molecule has 0 radical (unpaired) electrons. The Balaban J connectivity index is 0.000000362. The van der Waals surface area contributed by atoms with Gasteiger partial charge in [0.25, 0.3) is 0 Å². The van der Waals surface area contributed by atoms with Gasteiger partial charge in [-0.25, -0.2) is 8.42 Å². The van der Waals surface area contributed by atoms with Crippen LogP contribution in [0.2, 0.25) is 0 Å². The van der Waals surface area contributed by atoms with Crippen molar-refractivity contribution in [1.29, 1.82) is 0 Å². The second-order valence-electron chi connectivity index (χ2n) is 3.29. The standard InChI is InChI=1S/C8H13OS2.CHF3O3S/c1-11(2)9-6-5-8-4-3-7-10-8;2-1(3,4)8(5,6)7/h3-4,7H,5-6H2,1-2H3;(H,5,6,7)/q+1;/p-1. The van der Waals surface area contributed by atoms with Gasteiger partial charge in [-0.3, -0.25) is 0 Å². The molecule has 1 aromatic heterocycles. The van der Waals surface area contributed by atoms with Crippen LogP contribution in [0.25, 0.3) is 0 Å². The van der Waals surface area contributed by atoms with Crippen LogP contribution in [0.3, 0.4) is 0 Å². The Morgan fingerprint density at radius 3 is 2.26 bits per heavy atom. The zero-order valence-corrected chi connectivity index (χ0v) is 12.6. The van der Waals surface area contributed by atoms with E-state index in [0.29, 0.717) is 0 Å². The minimum atomic E-state index is -6.09.